The monoisotopic (exact) mass is 252 g/mol. The number of aromatic carboxylic acids is 1. The van der Waals surface area contributed by atoms with Crippen molar-refractivity contribution in [2.24, 2.45) is 0 Å². The zero-order valence-electron chi connectivity index (χ0n) is 9.58. The second kappa shape index (κ2) is 5.72. The Morgan fingerprint density at radius 1 is 1.33 bits per heavy atom. The molecule has 1 rings (SSSR count). The Labute approximate surface area is 103 Å². The Balaban J connectivity index is 3.11. The van der Waals surface area contributed by atoms with Crippen LogP contribution in [-0.4, -0.2) is 27.3 Å². The van der Waals surface area contributed by atoms with Crippen molar-refractivity contribution < 1.29 is 29.6 Å². The number of allylic oxidation sites excluding steroid dienone is 1. The van der Waals surface area contributed by atoms with Gasteiger partial charge in [0.15, 0.2) is 11.5 Å². The van der Waals surface area contributed by atoms with E-state index in [2.05, 4.69) is 0 Å². The van der Waals surface area contributed by atoms with Gasteiger partial charge in [0.1, 0.15) is 5.56 Å². The molecule has 0 aliphatic rings. The molecule has 0 unspecified atom stereocenters. The summed E-state index contributed by atoms with van der Waals surface area (Å²) in [7, 11) is 0. The van der Waals surface area contributed by atoms with Crippen LogP contribution in [-0.2, 0) is 4.79 Å². The minimum absolute atomic E-state index is 0.211. The minimum Gasteiger partial charge on any atom is -0.504 e. The highest BCUT2D eigenvalue weighted by Gasteiger charge is 2.17. The standard InChI is InChI=1S/C12H12O6/c1-2-4-9(12(16)17)18-8-6-3-5-7(10(8)13)11(14)15/h3-6,13H,2H2,1H3,(H,14,15)(H,16,17)/b9-4+. The lowest BCUT2D eigenvalue weighted by Gasteiger charge is -2.09. The fraction of sp³-hybridized carbons (Fsp3) is 0.167. The average molecular weight is 252 g/mol. The van der Waals surface area contributed by atoms with Crippen LogP contribution in [0.2, 0.25) is 0 Å². The molecule has 0 amide bonds. The third-order valence-electron chi connectivity index (χ3n) is 2.05. The molecule has 0 aliphatic carbocycles. The van der Waals surface area contributed by atoms with Gasteiger partial charge < -0.3 is 20.1 Å². The first-order valence-corrected chi connectivity index (χ1v) is 5.14. The summed E-state index contributed by atoms with van der Waals surface area (Å²) in [6, 6.07) is 3.83. The molecule has 6 nitrogen and oxygen atoms in total. The lowest BCUT2D eigenvalue weighted by molar-refractivity contribution is -0.135. The molecule has 0 spiro atoms. The van der Waals surface area contributed by atoms with E-state index in [9.17, 15) is 14.7 Å². The lowest BCUT2D eigenvalue weighted by Crippen LogP contribution is -2.08. The van der Waals surface area contributed by atoms with Gasteiger partial charge in [-0.2, -0.15) is 0 Å². The fourth-order valence-corrected chi connectivity index (χ4v) is 1.25. The van der Waals surface area contributed by atoms with E-state index in [4.69, 9.17) is 14.9 Å². The van der Waals surface area contributed by atoms with E-state index in [0.29, 0.717) is 6.42 Å². The van der Waals surface area contributed by atoms with E-state index >= 15 is 0 Å². The van der Waals surface area contributed by atoms with Crippen molar-refractivity contribution in [2.75, 3.05) is 0 Å². The molecular formula is C12H12O6. The largest absolute Gasteiger partial charge is 0.504 e. The maximum absolute atomic E-state index is 10.8. The zero-order chi connectivity index (χ0) is 13.7. The molecule has 1 aromatic carbocycles. The number of hydrogen-bond acceptors (Lipinski definition) is 4. The Bertz CT molecular complexity index is 503. The van der Waals surface area contributed by atoms with Crippen molar-refractivity contribution in [3.8, 4) is 11.5 Å². The van der Waals surface area contributed by atoms with Gasteiger partial charge in [-0.05, 0) is 24.6 Å². The highest BCUT2D eigenvalue weighted by Crippen LogP contribution is 2.31. The van der Waals surface area contributed by atoms with E-state index in [1.807, 2.05) is 0 Å². The Morgan fingerprint density at radius 2 is 2.00 bits per heavy atom. The molecule has 96 valence electrons. The van der Waals surface area contributed by atoms with Crippen molar-refractivity contribution >= 4 is 11.9 Å². The molecule has 0 bridgehead atoms. The SMILES string of the molecule is CC/C=C(/Oc1cccc(C(=O)O)c1O)C(=O)O. The first-order chi connectivity index (χ1) is 8.47. The molecule has 3 N–H and O–H groups in total. The van der Waals surface area contributed by atoms with E-state index in [1.165, 1.54) is 24.3 Å². The van der Waals surface area contributed by atoms with Crippen molar-refractivity contribution in [1.82, 2.24) is 0 Å². The van der Waals surface area contributed by atoms with Crippen LogP contribution in [0.5, 0.6) is 11.5 Å². The van der Waals surface area contributed by atoms with Crippen LogP contribution in [0.15, 0.2) is 30.0 Å². The van der Waals surface area contributed by atoms with Crippen LogP contribution in [0.4, 0.5) is 0 Å². The number of para-hydroxylation sites is 1. The Hall–Kier alpha value is -2.50. The molecule has 0 saturated heterocycles. The molecule has 0 aliphatic heterocycles. The van der Waals surface area contributed by atoms with Crippen LogP contribution in [0.1, 0.15) is 23.7 Å². The van der Waals surface area contributed by atoms with Crippen LogP contribution in [0.3, 0.4) is 0 Å². The number of carboxylic acids is 2. The van der Waals surface area contributed by atoms with Gasteiger partial charge in [0.05, 0.1) is 0 Å². The van der Waals surface area contributed by atoms with Gasteiger partial charge in [-0.1, -0.05) is 13.0 Å². The molecule has 0 aromatic heterocycles. The number of rotatable bonds is 5. The fourth-order valence-electron chi connectivity index (χ4n) is 1.25. The lowest BCUT2D eigenvalue weighted by atomic mass is 10.2. The second-order valence-electron chi connectivity index (χ2n) is 3.34. The van der Waals surface area contributed by atoms with E-state index in [-0.39, 0.29) is 17.1 Å². The summed E-state index contributed by atoms with van der Waals surface area (Å²) in [5.41, 5.74) is -0.353. The Kier molecular flexibility index (Phi) is 4.31. The van der Waals surface area contributed by atoms with Gasteiger partial charge in [-0.15, -0.1) is 0 Å². The summed E-state index contributed by atoms with van der Waals surface area (Å²) < 4.78 is 4.99. The van der Waals surface area contributed by atoms with Crippen molar-refractivity contribution in [2.45, 2.75) is 13.3 Å². The molecule has 18 heavy (non-hydrogen) atoms. The van der Waals surface area contributed by atoms with Crippen LogP contribution < -0.4 is 4.74 Å². The summed E-state index contributed by atoms with van der Waals surface area (Å²) in [6.45, 7) is 1.72. The molecule has 0 fully saturated rings. The van der Waals surface area contributed by atoms with Crippen molar-refractivity contribution in [3.05, 3.63) is 35.6 Å². The molecule has 1 aromatic rings. The summed E-state index contributed by atoms with van der Waals surface area (Å²) in [4.78, 5) is 21.6. The van der Waals surface area contributed by atoms with Gasteiger partial charge in [0.25, 0.3) is 0 Å². The van der Waals surface area contributed by atoms with Gasteiger partial charge in [-0.3, -0.25) is 0 Å². The highest BCUT2D eigenvalue weighted by atomic mass is 16.5. The molecule has 6 heteroatoms. The van der Waals surface area contributed by atoms with E-state index in [1.54, 1.807) is 6.92 Å². The van der Waals surface area contributed by atoms with Crippen molar-refractivity contribution in [3.63, 3.8) is 0 Å². The first-order valence-electron chi connectivity index (χ1n) is 5.14. The number of aromatic hydroxyl groups is 1. The number of phenols is 1. The quantitative estimate of drug-likeness (QED) is 0.545. The number of benzene rings is 1. The second-order valence-corrected chi connectivity index (χ2v) is 3.34. The molecule has 0 atom stereocenters. The van der Waals surface area contributed by atoms with Crippen LogP contribution in [0.25, 0.3) is 0 Å². The summed E-state index contributed by atoms with van der Waals surface area (Å²) in [5.74, 6) is -3.80. The van der Waals surface area contributed by atoms with Gasteiger partial charge in [0.2, 0.25) is 5.76 Å². The molecule has 0 heterocycles. The number of hydrogen-bond donors (Lipinski definition) is 3. The number of carboxylic acid groups (broad SMARTS) is 2. The summed E-state index contributed by atoms with van der Waals surface area (Å²) in [6.07, 6.45) is 1.75. The molecular weight excluding hydrogens is 240 g/mol. The van der Waals surface area contributed by atoms with E-state index in [0.717, 1.165) is 0 Å². The molecule has 0 saturated carbocycles. The normalized spacial score (nSPS) is 11.1. The van der Waals surface area contributed by atoms with Gasteiger partial charge >= 0.3 is 11.9 Å². The minimum atomic E-state index is -1.32. The number of carbonyl (C=O) groups is 2. The van der Waals surface area contributed by atoms with E-state index < -0.39 is 17.7 Å². The topological polar surface area (TPSA) is 104 Å². The third kappa shape index (κ3) is 3.00. The summed E-state index contributed by atoms with van der Waals surface area (Å²) in [5, 5.41) is 27.3. The summed E-state index contributed by atoms with van der Waals surface area (Å²) >= 11 is 0. The van der Waals surface area contributed by atoms with Gasteiger partial charge in [0, 0.05) is 0 Å². The third-order valence-corrected chi connectivity index (χ3v) is 2.05. The van der Waals surface area contributed by atoms with Gasteiger partial charge in [-0.25, -0.2) is 9.59 Å². The predicted molar refractivity (Wildman–Crippen MR) is 61.7 cm³/mol. The smallest absolute Gasteiger partial charge is 0.371 e. The maximum Gasteiger partial charge on any atom is 0.371 e. The number of ether oxygens (including phenoxy) is 1. The zero-order valence-corrected chi connectivity index (χ0v) is 9.58. The van der Waals surface area contributed by atoms with Crippen molar-refractivity contribution in [1.29, 1.82) is 0 Å². The average Bonchev–Trinajstić information content (AvgIpc) is 2.30. The predicted octanol–water partition coefficient (Wildman–Crippen LogP) is 1.85. The van der Waals surface area contributed by atoms with Crippen LogP contribution in [0, 0.1) is 0 Å². The Morgan fingerprint density at radius 3 is 2.50 bits per heavy atom. The van der Waals surface area contributed by atoms with Crippen LogP contribution >= 0.6 is 0 Å². The number of aliphatic carboxylic acids is 1. The highest BCUT2D eigenvalue weighted by molar-refractivity contribution is 5.92. The first kappa shape index (κ1) is 13.6. The maximum atomic E-state index is 10.8. The molecule has 0 radical (unpaired) electrons.